The number of epoxide rings is 1. The second-order valence-corrected chi connectivity index (χ2v) is 13.5. The molecule has 10 atom stereocenters. The van der Waals surface area contributed by atoms with Crippen molar-refractivity contribution in [2.75, 3.05) is 0 Å². The fourth-order valence-corrected chi connectivity index (χ4v) is 10.00. The molecule has 5 fully saturated rings. The molecule has 3 nitrogen and oxygen atoms in total. The zero-order valence-corrected chi connectivity index (χ0v) is 21.6. The van der Waals surface area contributed by atoms with Crippen LogP contribution in [0.3, 0.4) is 0 Å². The molecular formula is C29H48O3. The fourth-order valence-electron chi connectivity index (χ4n) is 10.00. The molecule has 5 rings (SSSR count). The van der Waals surface area contributed by atoms with Gasteiger partial charge in [0.05, 0.1) is 6.10 Å². The second-order valence-electron chi connectivity index (χ2n) is 13.5. The van der Waals surface area contributed by atoms with E-state index in [0.717, 1.165) is 48.3 Å². The van der Waals surface area contributed by atoms with Gasteiger partial charge in [0.1, 0.15) is 11.7 Å². The lowest BCUT2D eigenvalue weighted by Crippen LogP contribution is -2.59. The summed E-state index contributed by atoms with van der Waals surface area (Å²) in [5.74, 6) is 5.03. The van der Waals surface area contributed by atoms with E-state index in [2.05, 4.69) is 34.6 Å². The average molecular weight is 445 g/mol. The number of fused-ring (bicyclic) bond motifs is 4. The van der Waals surface area contributed by atoms with Gasteiger partial charge in [-0.1, -0.05) is 53.9 Å². The Kier molecular flexibility index (Phi) is 5.79. The molecule has 0 amide bonds. The highest BCUT2D eigenvalue weighted by molar-refractivity contribution is 5.66. The summed E-state index contributed by atoms with van der Waals surface area (Å²) in [6, 6.07) is 0. The highest BCUT2D eigenvalue weighted by Gasteiger charge is 2.76. The number of carbonyl (C=O) groups excluding carboxylic acids is 1. The normalized spacial score (nSPS) is 50.1. The predicted molar refractivity (Wildman–Crippen MR) is 128 cm³/mol. The standard InChI is InChI=1S/C29H48O3/c1-18(2)8-7-9-19(3)23-10-11-24-22-16-26-29(32-26)17-21(31-20(4)30)12-15-28(29,6)25(22)13-14-27(23,24)5/h18-19,21-26H,7-17H2,1-6H3/t19-,21-,22+,23-,24+,25+,26-,27+,28+,29-/m0/s1. The Bertz CT molecular complexity index is 732. The maximum Gasteiger partial charge on any atom is 0.302 e. The summed E-state index contributed by atoms with van der Waals surface area (Å²) in [7, 11) is 0. The first-order valence-corrected chi connectivity index (χ1v) is 14.0. The van der Waals surface area contributed by atoms with Crippen LogP contribution in [0.5, 0.6) is 0 Å². The third kappa shape index (κ3) is 3.42. The van der Waals surface area contributed by atoms with E-state index in [1.54, 1.807) is 6.92 Å². The third-order valence-corrected chi connectivity index (χ3v) is 11.6. The van der Waals surface area contributed by atoms with Crippen LogP contribution in [-0.4, -0.2) is 23.8 Å². The van der Waals surface area contributed by atoms with Gasteiger partial charge in [-0.2, -0.15) is 0 Å². The minimum absolute atomic E-state index is 0.00240. The highest BCUT2D eigenvalue weighted by atomic mass is 16.6. The molecule has 4 saturated carbocycles. The molecule has 5 aliphatic rings. The summed E-state index contributed by atoms with van der Waals surface area (Å²) in [4.78, 5) is 11.6. The minimum atomic E-state index is -0.131. The van der Waals surface area contributed by atoms with Crippen molar-refractivity contribution in [2.24, 2.45) is 46.3 Å². The van der Waals surface area contributed by atoms with E-state index >= 15 is 0 Å². The van der Waals surface area contributed by atoms with Crippen LogP contribution < -0.4 is 0 Å². The number of hydrogen-bond donors (Lipinski definition) is 0. The topological polar surface area (TPSA) is 38.8 Å². The highest BCUT2D eigenvalue weighted by Crippen LogP contribution is 2.74. The Labute approximate surface area is 196 Å². The van der Waals surface area contributed by atoms with E-state index in [1.807, 2.05) is 0 Å². The van der Waals surface area contributed by atoms with Crippen LogP contribution in [0.15, 0.2) is 0 Å². The molecular weight excluding hydrogens is 396 g/mol. The van der Waals surface area contributed by atoms with E-state index in [4.69, 9.17) is 9.47 Å². The Hall–Kier alpha value is -0.570. The number of esters is 1. The van der Waals surface area contributed by atoms with Gasteiger partial charge in [0.2, 0.25) is 0 Å². The number of hydrogen-bond acceptors (Lipinski definition) is 3. The molecule has 4 aliphatic carbocycles. The Morgan fingerprint density at radius 2 is 1.81 bits per heavy atom. The van der Waals surface area contributed by atoms with Crippen LogP contribution in [0.25, 0.3) is 0 Å². The third-order valence-electron chi connectivity index (χ3n) is 11.6. The minimum Gasteiger partial charge on any atom is -0.462 e. The Morgan fingerprint density at radius 3 is 2.53 bits per heavy atom. The molecule has 0 aromatic carbocycles. The molecule has 0 aromatic heterocycles. The molecule has 32 heavy (non-hydrogen) atoms. The molecule has 0 aromatic rings. The van der Waals surface area contributed by atoms with Gasteiger partial charge in [0, 0.05) is 18.8 Å². The van der Waals surface area contributed by atoms with Gasteiger partial charge in [-0.15, -0.1) is 0 Å². The summed E-state index contributed by atoms with van der Waals surface area (Å²) in [6.45, 7) is 14.1. The zero-order chi connectivity index (χ0) is 22.9. The van der Waals surface area contributed by atoms with Gasteiger partial charge < -0.3 is 9.47 Å². The molecule has 0 bridgehead atoms. The number of ether oxygens (including phenoxy) is 2. The number of rotatable bonds is 6. The molecule has 182 valence electrons. The average Bonchev–Trinajstić information content (AvgIpc) is 3.28. The van der Waals surface area contributed by atoms with Crippen LogP contribution in [0.2, 0.25) is 0 Å². The maximum atomic E-state index is 11.6. The van der Waals surface area contributed by atoms with Gasteiger partial charge in [0.25, 0.3) is 0 Å². The van der Waals surface area contributed by atoms with E-state index in [1.165, 1.54) is 57.8 Å². The van der Waals surface area contributed by atoms with E-state index in [-0.39, 0.29) is 23.1 Å². The van der Waals surface area contributed by atoms with E-state index in [9.17, 15) is 4.79 Å². The lowest BCUT2D eigenvalue weighted by atomic mass is 9.44. The first-order valence-electron chi connectivity index (χ1n) is 14.0. The molecule has 1 heterocycles. The molecule has 1 spiro atoms. The van der Waals surface area contributed by atoms with Crippen LogP contribution in [-0.2, 0) is 14.3 Å². The lowest BCUT2D eigenvalue weighted by Gasteiger charge is -2.59. The smallest absolute Gasteiger partial charge is 0.302 e. The molecule has 1 saturated heterocycles. The maximum absolute atomic E-state index is 11.6. The van der Waals surface area contributed by atoms with Crippen molar-refractivity contribution in [3.63, 3.8) is 0 Å². The first kappa shape index (κ1) is 23.2. The van der Waals surface area contributed by atoms with Crippen molar-refractivity contribution in [1.29, 1.82) is 0 Å². The summed E-state index contributed by atoms with van der Waals surface area (Å²) in [5, 5.41) is 0. The number of carbonyl (C=O) groups is 1. The van der Waals surface area contributed by atoms with Crippen molar-refractivity contribution in [1.82, 2.24) is 0 Å². The fraction of sp³-hybridized carbons (Fsp3) is 0.966. The van der Waals surface area contributed by atoms with Gasteiger partial charge in [0.15, 0.2) is 0 Å². The van der Waals surface area contributed by atoms with Crippen molar-refractivity contribution in [3.05, 3.63) is 0 Å². The van der Waals surface area contributed by atoms with Crippen LogP contribution in [0.1, 0.15) is 112 Å². The monoisotopic (exact) mass is 444 g/mol. The van der Waals surface area contributed by atoms with E-state index < -0.39 is 0 Å². The molecule has 1 aliphatic heterocycles. The quantitative estimate of drug-likeness (QED) is 0.322. The zero-order valence-electron chi connectivity index (χ0n) is 21.6. The predicted octanol–water partition coefficient (Wildman–Crippen LogP) is 7.17. The van der Waals surface area contributed by atoms with Crippen LogP contribution in [0.4, 0.5) is 0 Å². The Balaban J connectivity index is 1.30. The molecule has 0 unspecified atom stereocenters. The summed E-state index contributed by atoms with van der Waals surface area (Å²) < 4.78 is 12.3. The van der Waals surface area contributed by atoms with Gasteiger partial charge in [-0.05, 0) is 85.9 Å². The van der Waals surface area contributed by atoms with E-state index in [0.29, 0.717) is 11.5 Å². The lowest BCUT2D eigenvalue weighted by molar-refractivity contribution is -0.157. The molecule has 3 heteroatoms. The summed E-state index contributed by atoms with van der Waals surface area (Å²) in [5.41, 5.74) is 0.820. The van der Waals surface area contributed by atoms with Crippen molar-refractivity contribution < 1.29 is 14.3 Å². The van der Waals surface area contributed by atoms with Crippen LogP contribution in [0, 0.1) is 46.3 Å². The van der Waals surface area contributed by atoms with Crippen LogP contribution >= 0.6 is 0 Å². The van der Waals surface area contributed by atoms with Crippen molar-refractivity contribution in [3.8, 4) is 0 Å². The van der Waals surface area contributed by atoms with Crippen molar-refractivity contribution in [2.45, 2.75) is 130 Å². The second kappa shape index (κ2) is 7.99. The molecule has 0 radical (unpaired) electrons. The Morgan fingerprint density at radius 1 is 1.03 bits per heavy atom. The van der Waals surface area contributed by atoms with Gasteiger partial charge in [-0.3, -0.25) is 4.79 Å². The van der Waals surface area contributed by atoms with Gasteiger partial charge >= 0.3 is 5.97 Å². The van der Waals surface area contributed by atoms with Gasteiger partial charge in [-0.25, -0.2) is 0 Å². The summed E-state index contributed by atoms with van der Waals surface area (Å²) in [6.07, 6.45) is 14.8. The first-order chi connectivity index (χ1) is 15.1. The largest absolute Gasteiger partial charge is 0.462 e. The molecule has 0 N–H and O–H groups in total. The SMILES string of the molecule is CC(=O)O[C@H]1CC[C@]2(C)[C@@H]3CC[C@@]4(C)[C@H](CC[C@H]4[C@@H](C)CCCC(C)C)[C@H]3C[C@@H]3O[C@@]32C1. The van der Waals surface area contributed by atoms with Crippen molar-refractivity contribution >= 4 is 5.97 Å². The summed E-state index contributed by atoms with van der Waals surface area (Å²) >= 11 is 0.